The molecule has 3 heterocycles. The van der Waals surface area contributed by atoms with Crippen LogP contribution < -0.4 is 4.90 Å². The van der Waals surface area contributed by atoms with E-state index in [1.165, 1.54) is 5.56 Å². The number of pyridine rings is 1. The van der Waals surface area contributed by atoms with E-state index in [1.54, 1.807) is 11.1 Å². The van der Waals surface area contributed by atoms with Crippen LogP contribution in [0.1, 0.15) is 11.1 Å². The van der Waals surface area contributed by atoms with Crippen LogP contribution in [-0.4, -0.2) is 59.2 Å². The minimum Gasteiger partial charge on any atom is -0.334 e. The number of likely N-dealkylation sites (N-methyl/N-ethyl adjacent to an activating group) is 1. The predicted molar refractivity (Wildman–Crippen MR) is 107 cm³/mol. The quantitative estimate of drug-likeness (QED) is 0.694. The average molecular weight is 361 g/mol. The van der Waals surface area contributed by atoms with Gasteiger partial charge in [0.25, 0.3) is 0 Å². The van der Waals surface area contributed by atoms with Gasteiger partial charge in [-0.1, -0.05) is 30.3 Å². The summed E-state index contributed by atoms with van der Waals surface area (Å²) in [6.45, 7) is 4.96. The Hall–Kier alpha value is -2.99. The molecule has 1 fully saturated rings. The van der Waals surface area contributed by atoms with Gasteiger partial charge in [0.2, 0.25) is 0 Å². The van der Waals surface area contributed by atoms with E-state index in [2.05, 4.69) is 47.5 Å². The molecule has 2 aromatic heterocycles. The van der Waals surface area contributed by atoms with Crippen LogP contribution in [0.15, 0.2) is 66.2 Å². The van der Waals surface area contributed by atoms with E-state index in [0.29, 0.717) is 0 Å². The maximum absolute atomic E-state index is 4.81. The molecule has 0 bridgehead atoms. The third kappa shape index (κ3) is 4.41. The molecule has 1 aliphatic heterocycles. The number of benzene rings is 1. The van der Waals surface area contributed by atoms with Gasteiger partial charge in [-0.05, 0) is 17.7 Å². The van der Waals surface area contributed by atoms with E-state index in [1.807, 2.05) is 35.3 Å². The van der Waals surface area contributed by atoms with Crippen molar-refractivity contribution in [3.05, 3.63) is 72.2 Å². The molecule has 0 spiro atoms. The zero-order chi connectivity index (χ0) is 18.5. The van der Waals surface area contributed by atoms with Gasteiger partial charge in [-0.25, -0.2) is 0 Å². The molecule has 1 saturated heterocycles. The van der Waals surface area contributed by atoms with E-state index in [9.17, 15) is 0 Å². The molecular formula is C21H25N6+. The molecule has 1 aliphatic rings. The number of quaternary nitrogens is 1. The molecule has 0 atom stereocenters. The van der Waals surface area contributed by atoms with E-state index in [-0.39, 0.29) is 0 Å². The van der Waals surface area contributed by atoms with E-state index >= 15 is 0 Å². The number of hydrazone groups is 1. The van der Waals surface area contributed by atoms with Gasteiger partial charge in [-0.3, -0.25) is 14.7 Å². The first-order valence-corrected chi connectivity index (χ1v) is 9.40. The van der Waals surface area contributed by atoms with Crippen LogP contribution in [0, 0.1) is 0 Å². The lowest BCUT2D eigenvalue weighted by molar-refractivity contribution is -0.884. The van der Waals surface area contributed by atoms with E-state index in [0.717, 1.165) is 49.5 Å². The molecule has 6 heteroatoms. The van der Waals surface area contributed by atoms with Crippen LogP contribution in [0.5, 0.6) is 0 Å². The van der Waals surface area contributed by atoms with Crippen LogP contribution in [0.4, 0.5) is 0 Å². The molecule has 6 nitrogen and oxygen atoms in total. The lowest BCUT2D eigenvalue weighted by atomic mass is 10.1. The van der Waals surface area contributed by atoms with Gasteiger partial charge in [0.05, 0.1) is 46.0 Å². The number of rotatable bonds is 5. The van der Waals surface area contributed by atoms with E-state index in [4.69, 9.17) is 10.2 Å². The Morgan fingerprint density at radius 1 is 1.11 bits per heavy atom. The van der Waals surface area contributed by atoms with Crippen molar-refractivity contribution in [3.8, 4) is 11.3 Å². The summed E-state index contributed by atoms with van der Waals surface area (Å²) in [6.07, 6.45) is 7.65. The summed E-state index contributed by atoms with van der Waals surface area (Å²) in [5, 5.41) is 11.7. The lowest BCUT2D eigenvalue weighted by Gasteiger charge is -2.27. The second-order valence-electron chi connectivity index (χ2n) is 7.01. The van der Waals surface area contributed by atoms with Gasteiger partial charge >= 0.3 is 0 Å². The van der Waals surface area contributed by atoms with Crippen molar-refractivity contribution >= 4 is 6.21 Å². The van der Waals surface area contributed by atoms with Crippen molar-refractivity contribution in [1.82, 2.24) is 19.8 Å². The molecule has 3 aromatic rings. The normalized spacial score (nSPS) is 15.5. The number of aromatic nitrogens is 3. The van der Waals surface area contributed by atoms with Crippen molar-refractivity contribution in [3.63, 3.8) is 0 Å². The van der Waals surface area contributed by atoms with Crippen molar-refractivity contribution < 1.29 is 4.90 Å². The topological polar surface area (TPSA) is 50.8 Å². The van der Waals surface area contributed by atoms with Crippen LogP contribution in [0.3, 0.4) is 0 Å². The SMILES string of the molecule is C[NH+]1CCN(/N=C\c2cn(Cc3ccccc3)nc2-c2cccnc2)CC1. The van der Waals surface area contributed by atoms with Crippen molar-refractivity contribution in [2.45, 2.75) is 6.54 Å². The highest BCUT2D eigenvalue weighted by Gasteiger charge is 2.15. The monoisotopic (exact) mass is 361 g/mol. The number of hydrogen-bond acceptors (Lipinski definition) is 4. The van der Waals surface area contributed by atoms with Gasteiger partial charge < -0.3 is 4.90 Å². The van der Waals surface area contributed by atoms with Crippen LogP contribution in [0.2, 0.25) is 0 Å². The molecule has 1 N–H and O–H groups in total. The summed E-state index contributed by atoms with van der Waals surface area (Å²) in [6, 6.07) is 14.4. The Bertz CT molecular complexity index is 880. The van der Waals surface area contributed by atoms with Gasteiger partial charge in [0, 0.05) is 29.7 Å². The second kappa shape index (κ2) is 8.14. The van der Waals surface area contributed by atoms with Crippen molar-refractivity contribution in [2.24, 2.45) is 5.10 Å². The third-order valence-electron chi connectivity index (χ3n) is 4.87. The molecule has 0 amide bonds. The summed E-state index contributed by atoms with van der Waals surface area (Å²) in [5.74, 6) is 0. The third-order valence-corrected chi connectivity index (χ3v) is 4.87. The van der Waals surface area contributed by atoms with Gasteiger partial charge in [0.15, 0.2) is 0 Å². The summed E-state index contributed by atoms with van der Waals surface area (Å²) in [5.41, 5.74) is 4.17. The molecule has 27 heavy (non-hydrogen) atoms. The van der Waals surface area contributed by atoms with Crippen LogP contribution in [0.25, 0.3) is 11.3 Å². The van der Waals surface area contributed by atoms with E-state index < -0.39 is 0 Å². The standard InChI is InChI=1S/C21H24N6/c1-25-10-12-26(13-11-25)23-15-20-17-27(16-18-6-3-2-4-7-18)24-21(20)19-8-5-9-22-14-19/h2-9,14-15,17H,10-13,16H2,1H3/p+1/b23-15-. The summed E-state index contributed by atoms with van der Waals surface area (Å²) >= 11 is 0. The highest BCUT2D eigenvalue weighted by molar-refractivity contribution is 5.88. The van der Waals surface area contributed by atoms with Crippen LogP contribution in [-0.2, 0) is 6.54 Å². The molecule has 0 saturated carbocycles. The average Bonchev–Trinajstić information content (AvgIpc) is 3.12. The summed E-state index contributed by atoms with van der Waals surface area (Å²) in [7, 11) is 2.23. The Balaban J connectivity index is 1.60. The first-order valence-electron chi connectivity index (χ1n) is 9.40. The lowest BCUT2D eigenvalue weighted by Crippen LogP contribution is -3.11. The fourth-order valence-electron chi connectivity index (χ4n) is 3.25. The van der Waals surface area contributed by atoms with Gasteiger partial charge in [0.1, 0.15) is 5.69 Å². The Morgan fingerprint density at radius 3 is 2.67 bits per heavy atom. The highest BCUT2D eigenvalue weighted by Crippen LogP contribution is 2.20. The van der Waals surface area contributed by atoms with Crippen molar-refractivity contribution in [1.29, 1.82) is 0 Å². The smallest absolute Gasteiger partial charge is 0.103 e. The molecule has 1 aromatic carbocycles. The second-order valence-corrected chi connectivity index (χ2v) is 7.01. The summed E-state index contributed by atoms with van der Waals surface area (Å²) in [4.78, 5) is 5.81. The number of piperazine rings is 1. The largest absolute Gasteiger partial charge is 0.334 e. The first kappa shape index (κ1) is 17.4. The first-order chi connectivity index (χ1) is 13.3. The number of nitrogens with one attached hydrogen (secondary N) is 1. The van der Waals surface area contributed by atoms with Gasteiger partial charge in [-0.15, -0.1) is 0 Å². The number of hydrogen-bond donors (Lipinski definition) is 1. The molecular weight excluding hydrogens is 336 g/mol. The zero-order valence-corrected chi connectivity index (χ0v) is 15.6. The molecule has 138 valence electrons. The predicted octanol–water partition coefficient (Wildman–Crippen LogP) is 1.16. The van der Waals surface area contributed by atoms with Crippen LogP contribution >= 0.6 is 0 Å². The minimum atomic E-state index is 0.736. The maximum Gasteiger partial charge on any atom is 0.103 e. The Morgan fingerprint density at radius 2 is 1.93 bits per heavy atom. The maximum atomic E-state index is 4.81. The number of nitrogens with zero attached hydrogens (tertiary/aromatic N) is 5. The Kier molecular flexibility index (Phi) is 5.25. The molecule has 4 rings (SSSR count). The highest BCUT2D eigenvalue weighted by atomic mass is 15.5. The zero-order valence-electron chi connectivity index (χ0n) is 15.6. The van der Waals surface area contributed by atoms with Crippen molar-refractivity contribution in [2.75, 3.05) is 33.2 Å². The molecule has 0 unspecified atom stereocenters. The summed E-state index contributed by atoms with van der Waals surface area (Å²) < 4.78 is 1.98. The fraction of sp³-hybridized carbons (Fsp3) is 0.286. The molecule has 0 aliphatic carbocycles. The Labute approximate surface area is 159 Å². The molecule has 0 radical (unpaired) electrons. The fourth-order valence-corrected chi connectivity index (χ4v) is 3.25. The van der Waals surface area contributed by atoms with Gasteiger partial charge in [-0.2, -0.15) is 10.2 Å². The minimum absolute atomic E-state index is 0.736.